The molecule has 0 radical (unpaired) electrons. The fourth-order valence-corrected chi connectivity index (χ4v) is 1.58. The summed E-state index contributed by atoms with van der Waals surface area (Å²) in [6.07, 6.45) is 0.994. The van der Waals surface area contributed by atoms with Crippen LogP contribution >= 0.6 is 0 Å². The molecule has 1 rings (SSSR count). The normalized spacial score (nSPS) is 12.0. The molecule has 0 aromatic heterocycles. The highest BCUT2D eigenvalue weighted by molar-refractivity contribution is 5.64. The summed E-state index contributed by atoms with van der Waals surface area (Å²) in [7, 11) is 3.71. The first-order chi connectivity index (χ1) is 7.99. The molecule has 1 aromatic carbocycles. The molecule has 0 amide bonds. The number of rotatable bonds is 5. The van der Waals surface area contributed by atoms with Gasteiger partial charge in [-0.25, -0.2) is 0 Å². The highest BCUT2D eigenvalue weighted by Gasteiger charge is 2.14. The van der Waals surface area contributed by atoms with Crippen LogP contribution in [0.25, 0.3) is 0 Å². The molecule has 0 bridgehead atoms. The lowest BCUT2D eigenvalue weighted by atomic mass is 10.1. The third kappa shape index (κ3) is 3.09. The zero-order valence-electron chi connectivity index (χ0n) is 10.7. The van der Waals surface area contributed by atoms with E-state index in [0.717, 1.165) is 17.8 Å². The minimum absolute atomic E-state index is 0.113. The molecule has 0 aliphatic carbocycles. The number of nitro groups is 1. The Morgan fingerprint density at radius 1 is 1.47 bits per heavy atom. The maximum atomic E-state index is 10.8. The van der Waals surface area contributed by atoms with Crippen molar-refractivity contribution in [1.82, 2.24) is 0 Å². The monoisotopic (exact) mass is 237 g/mol. The molecule has 1 aromatic rings. The van der Waals surface area contributed by atoms with Gasteiger partial charge >= 0.3 is 0 Å². The van der Waals surface area contributed by atoms with Crippen LogP contribution in [0.1, 0.15) is 20.3 Å². The van der Waals surface area contributed by atoms with Gasteiger partial charge < -0.3 is 10.2 Å². The topological polar surface area (TPSA) is 58.4 Å². The Labute approximate surface area is 102 Å². The van der Waals surface area contributed by atoms with E-state index in [4.69, 9.17) is 0 Å². The Balaban J connectivity index is 3.14. The molecule has 0 heterocycles. The lowest BCUT2D eigenvalue weighted by molar-refractivity contribution is -0.384. The molecule has 0 aliphatic rings. The predicted molar refractivity (Wildman–Crippen MR) is 70.8 cm³/mol. The lowest BCUT2D eigenvalue weighted by Crippen LogP contribution is -2.28. The van der Waals surface area contributed by atoms with Crippen LogP contribution in [0.15, 0.2) is 18.2 Å². The van der Waals surface area contributed by atoms with Crippen LogP contribution in [0.5, 0.6) is 0 Å². The van der Waals surface area contributed by atoms with Crippen LogP contribution in [0, 0.1) is 10.1 Å². The molecule has 1 N–H and O–H groups in total. The van der Waals surface area contributed by atoms with Crippen LogP contribution in [-0.2, 0) is 0 Å². The number of hydrogen-bond donors (Lipinski definition) is 1. The SMILES string of the molecule is CCC(C)N(C)c1cc(NC)cc([N+](=O)[O-])c1. The van der Waals surface area contributed by atoms with Crippen LogP contribution in [-0.4, -0.2) is 25.1 Å². The maximum Gasteiger partial charge on any atom is 0.273 e. The molecular weight excluding hydrogens is 218 g/mol. The average Bonchev–Trinajstić information content (AvgIpc) is 2.36. The molecule has 5 heteroatoms. The smallest absolute Gasteiger partial charge is 0.273 e. The molecule has 0 saturated heterocycles. The second-order valence-electron chi connectivity index (χ2n) is 4.11. The van der Waals surface area contributed by atoms with Gasteiger partial charge in [0.25, 0.3) is 5.69 Å². The summed E-state index contributed by atoms with van der Waals surface area (Å²) in [5, 5.41) is 13.8. The summed E-state index contributed by atoms with van der Waals surface area (Å²) < 4.78 is 0. The molecule has 5 nitrogen and oxygen atoms in total. The second kappa shape index (κ2) is 5.52. The van der Waals surface area contributed by atoms with Crippen molar-refractivity contribution in [2.45, 2.75) is 26.3 Å². The van der Waals surface area contributed by atoms with E-state index in [1.165, 1.54) is 6.07 Å². The number of nitrogens with zero attached hydrogens (tertiary/aromatic N) is 2. The molecule has 0 saturated carbocycles. The van der Waals surface area contributed by atoms with E-state index in [1.54, 1.807) is 13.1 Å². The van der Waals surface area contributed by atoms with Crippen molar-refractivity contribution in [2.75, 3.05) is 24.3 Å². The lowest BCUT2D eigenvalue weighted by Gasteiger charge is -2.26. The number of hydrogen-bond acceptors (Lipinski definition) is 4. The fourth-order valence-electron chi connectivity index (χ4n) is 1.58. The van der Waals surface area contributed by atoms with Crippen molar-refractivity contribution in [3.05, 3.63) is 28.3 Å². The summed E-state index contributed by atoms with van der Waals surface area (Å²) in [4.78, 5) is 12.5. The van der Waals surface area contributed by atoms with Crippen LogP contribution in [0.4, 0.5) is 17.1 Å². The summed E-state index contributed by atoms with van der Waals surface area (Å²) in [5.74, 6) is 0. The summed E-state index contributed by atoms with van der Waals surface area (Å²) >= 11 is 0. The first kappa shape index (κ1) is 13.3. The van der Waals surface area contributed by atoms with Crippen LogP contribution < -0.4 is 10.2 Å². The second-order valence-corrected chi connectivity index (χ2v) is 4.11. The Kier molecular flexibility index (Phi) is 4.31. The number of nitrogens with one attached hydrogen (secondary N) is 1. The number of non-ortho nitro benzene ring substituents is 1. The standard InChI is InChI=1S/C12H19N3O2/c1-5-9(2)14(4)11-6-10(13-3)7-12(8-11)15(16)17/h6-9,13H,5H2,1-4H3. The van der Waals surface area contributed by atoms with Gasteiger partial charge in [-0.1, -0.05) is 6.92 Å². The number of nitro benzene ring substituents is 1. The quantitative estimate of drug-likeness (QED) is 0.632. The highest BCUT2D eigenvalue weighted by Crippen LogP contribution is 2.27. The Morgan fingerprint density at radius 2 is 2.12 bits per heavy atom. The minimum Gasteiger partial charge on any atom is -0.388 e. The van der Waals surface area contributed by atoms with Crippen LogP contribution in [0.2, 0.25) is 0 Å². The first-order valence-electron chi connectivity index (χ1n) is 5.69. The van der Waals surface area contributed by atoms with E-state index in [0.29, 0.717) is 6.04 Å². The van der Waals surface area contributed by atoms with Gasteiger partial charge in [-0.05, 0) is 19.4 Å². The van der Waals surface area contributed by atoms with Crippen molar-refractivity contribution < 1.29 is 4.92 Å². The van der Waals surface area contributed by atoms with Gasteiger partial charge in [0.2, 0.25) is 0 Å². The van der Waals surface area contributed by atoms with Crippen molar-refractivity contribution in [1.29, 1.82) is 0 Å². The molecule has 0 fully saturated rings. The largest absolute Gasteiger partial charge is 0.388 e. The fraction of sp³-hybridized carbons (Fsp3) is 0.500. The van der Waals surface area contributed by atoms with Gasteiger partial charge in [-0.2, -0.15) is 0 Å². The average molecular weight is 237 g/mol. The van der Waals surface area contributed by atoms with Crippen molar-refractivity contribution in [3.63, 3.8) is 0 Å². The molecule has 0 spiro atoms. The predicted octanol–water partition coefficient (Wildman–Crippen LogP) is 2.87. The molecule has 94 valence electrons. The van der Waals surface area contributed by atoms with Gasteiger partial charge in [0.15, 0.2) is 0 Å². The van der Waals surface area contributed by atoms with E-state index in [9.17, 15) is 10.1 Å². The summed E-state index contributed by atoms with van der Waals surface area (Å²) in [6, 6.07) is 5.40. The van der Waals surface area contributed by atoms with Crippen molar-refractivity contribution in [3.8, 4) is 0 Å². The van der Waals surface area contributed by atoms with Gasteiger partial charge in [0.05, 0.1) is 4.92 Å². The minimum atomic E-state index is -0.366. The number of benzene rings is 1. The van der Waals surface area contributed by atoms with E-state index in [-0.39, 0.29) is 10.6 Å². The molecule has 17 heavy (non-hydrogen) atoms. The third-order valence-electron chi connectivity index (χ3n) is 3.06. The van der Waals surface area contributed by atoms with E-state index in [1.807, 2.05) is 18.0 Å². The van der Waals surface area contributed by atoms with Crippen molar-refractivity contribution in [2.24, 2.45) is 0 Å². The van der Waals surface area contributed by atoms with Crippen LogP contribution in [0.3, 0.4) is 0 Å². The Hall–Kier alpha value is -1.78. The van der Waals surface area contributed by atoms with E-state index < -0.39 is 0 Å². The Bertz CT molecular complexity index is 407. The van der Waals surface area contributed by atoms with E-state index in [2.05, 4.69) is 19.2 Å². The molecule has 0 aliphatic heterocycles. The van der Waals surface area contributed by atoms with Gasteiger partial charge in [-0.15, -0.1) is 0 Å². The van der Waals surface area contributed by atoms with Gasteiger partial charge in [0.1, 0.15) is 0 Å². The van der Waals surface area contributed by atoms with Gasteiger partial charge in [0, 0.05) is 43.6 Å². The first-order valence-corrected chi connectivity index (χ1v) is 5.69. The van der Waals surface area contributed by atoms with Crippen molar-refractivity contribution >= 4 is 17.1 Å². The van der Waals surface area contributed by atoms with E-state index >= 15 is 0 Å². The zero-order chi connectivity index (χ0) is 13.0. The summed E-state index contributed by atoms with van der Waals surface area (Å²) in [6.45, 7) is 4.19. The third-order valence-corrected chi connectivity index (χ3v) is 3.06. The maximum absolute atomic E-state index is 10.8. The summed E-state index contributed by atoms with van der Waals surface area (Å²) in [5.41, 5.74) is 1.73. The zero-order valence-corrected chi connectivity index (χ0v) is 10.7. The Morgan fingerprint density at radius 3 is 2.59 bits per heavy atom. The highest BCUT2D eigenvalue weighted by atomic mass is 16.6. The number of anilines is 2. The van der Waals surface area contributed by atoms with Gasteiger partial charge in [-0.3, -0.25) is 10.1 Å². The molecule has 1 atom stereocenters. The molecule has 1 unspecified atom stereocenters. The molecular formula is C12H19N3O2.